The number of amides is 2. The summed E-state index contributed by atoms with van der Waals surface area (Å²) in [5.74, 6) is -0.568. The Kier molecular flexibility index (Phi) is 6.06. The summed E-state index contributed by atoms with van der Waals surface area (Å²) in [5, 5.41) is 13.0. The largest absolute Gasteiger partial charge is 0.399 e. The number of hydrogen-bond acceptors (Lipinski definition) is 6. The van der Waals surface area contributed by atoms with Gasteiger partial charge in [0.05, 0.1) is 4.90 Å². The van der Waals surface area contributed by atoms with Crippen LogP contribution in [0.1, 0.15) is 0 Å². The van der Waals surface area contributed by atoms with Crippen LogP contribution >= 0.6 is 0 Å². The molecule has 37 heavy (non-hydrogen) atoms. The Labute approximate surface area is 211 Å². The van der Waals surface area contributed by atoms with Crippen LogP contribution in [0.5, 0.6) is 0 Å². The molecule has 2 heterocycles. The number of aromatic amines is 1. The van der Waals surface area contributed by atoms with Crippen LogP contribution in [0, 0.1) is 5.82 Å². The van der Waals surface area contributed by atoms with E-state index in [9.17, 15) is 17.6 Å². The molecular formula is C26H21FN6O3S. The van der Waals surface area contributed by atoms with Gasteiger partial charge in [-0.3, -0.25) is 5.10 Å². The number of pyridine rings is 1. The van der Waals surface area contributed by atoms with E-state index < -0.39 is 21.7 Å². The number of hydrogen-bond donors (Lipinski definition) is 4. The molecule has 0 saturated heterocycles. The number of aromatic nitrogens is 3. The number of nitrogen functional groups attached to an aromatic ring is 1. The predicted molar refractivity (Wildman–Crippen MR) is 141 cm³/mol. The molecule has 0 bridgehead atoms. The number of sulfone groups is 1. The second kappa shape index (κ2) is 9.36. The van der Waals surface area contributed by atoms with Gasteiger partial charge in [0.1, 0.15) is 11.5 Å². The van der Waals surface area contributed by atoms with Gasteiger partial charge in [-0.25, -0.2) is 22.6 Å². The van der Waals surface area contributed by atoms with Crippen molar-refractivity contribution in [2.75, 3.05) is 22.6 Å². The van der Waals surface area contributed by atoms with Crippen LogP contribution in [0.3, 0.4) is 0 Å². The lowest BCUT2D eigenvalue weighted by molar-refractivity contribution is 0.262. The fraction of sp³-hybridized carbons (Fsp3) is 0.0385. The number of fused-ring (bicyclic) bond motifs is 1. The van der Waals surface area contributed by atoms with E-state index in [0.717, 1.165) is 6.26 Å². The van der Waals surface area contributed by atoms with E-state index in [4.69, 9.17) is 5.73 Å². The van der Waals surface area contributed by atoms with Crippen molar-refractivity contribution in [3.8, 4) is 22.4 Å². The van der Waals surface area contributed by atoms with Gasteiger partial charge in [-0.15, -0.1) is 0 Å². The minimum Gasteiger partial charge on any atom is -0.399 e. The zero-order valence-corrected chi connectivity index (χ0v) is 20.3. The van der Waals surface area contributed by atoms with E-state index in [1.165, 1.54) is 18.2 Å². The summed E-state index contributed by atoms with van der Waals surface area (Å²) >= 11 is 0. The van der Waals surface area contributed by atoms with Crippen molar-refractivity contribution in [2.24, 2.45) is 0 Å². The van der Waals surface area contributed by atoms with Gasteiger partial charge in [-0.1, -0.05) is 12.1 Å². The molecule has 5 aromatic rings. The van der Waals surface area contributed by atoms with Gasteiger partial charge in [0, 0.05) is 46.0 Å². The van der Waals surface area contributed by atoms with Gasteiger partial charge in [0.2, 0.25) is 0 Å². The van der Waals surface area contributed by atoms with Gasteiger partial charge in [0.25, 0.3) is 0 Å². The second-order valence-electron chi connectivity index (χ2n) is 8.42. The normalized spacial score (nSPS) is 11.4. The first-order chi connectivity index (χ1) is 17.7. The number of nitrogens with two attached hydrogens (primary N) is 1. The van der Waals surface area contributed by atoms with Gasteiger partial charge in [-0.05, 0) is 66.2 Å². The van der Waals surface area contributed by atoms with Gasteiger partial charge >= 0.3 is 6.03 Å². The van der Waals surface area contributed by atoms with E-state index in [1.807, 2.05) is 0 Å². The monoisotopic (exact) mass is 516 g/mol. The van der Waals surface area contributed by atoms with Crippen LogP contribution in [0.2, 0.25) is 0 Å². The molecule has 186 valence electrons. The molecule has 0 unspecified atom stereocenters. The number of halogens is 1. The quantitative estimate of drug-likeness (QED) is 0.241. The molecule has 0 fully saturated rings. The van der Waals surface area contributed by atoms with E-state index >= 15 is 0 Å². The van der Waals surface area contributed by atoms with Crippen molar-refractivity contribution in [1.29, 1.82) is 0 Å². The number of carbonyl (C=O) groups is 1. The van der Waals surface area contributed by atoms with Gasteiger partial charge < -0.3 is 16.4 Å². The number of rotatable bonds is 5. The Morgan fingerprint density at radius 3 is 2.43 bits per heavy atom. The molecule has 2 amide bonds. The SMILES string of the molecule is CS(=O)(=O)c1cccc(-c2cnc3[nH]nc(-c4cc(F)cc(NC(=O)Nc5ccc(N)cc5)c4)c3c2)c1. The van der Waals surface area contributed by atoms with Crippen LogP contribution in [0.15, 0.2) is 83.9 Å². The summed E-state index contributed by atoms with van der Waals surface area (Å²) in [6.07, 6.45) is 2.75. The third kappa shape index (κ3) is 5.26. The summed E-state index contributed by atoms with van der Waals surface area (Å²) in [6.45, 7) is 0. The molecular weight excluding hydrogens is 495 g/mol. The summed E-state index contributed by atoms with van der Waals surface area (Å²) in [7, 11) is -3.38. The minimum absolute atomic E-state index is 0.190. The highest BCUT2D eigenvalue weighted by Gasteiger charge is 2.15. The highest BCUT2D eigenvalue weighted by atomic mass is 32.2. The molecule has 11 heteroatoms. The van der Waals surface area contributed by atoms with Crippen molar-refractivity contribution in [2.45, 2.75) is 4.90 Å². The van der Waals surface area contributed by atoms with Crippen molar-refractivity contribution in [3.05, 3.63) is 84.8 Å². The van der Waals surface area contributed by atoms with Gasteiger partial charge in [-0.2, -0.15) is 5.10 Å². The zero-order valence-electron chi connectivity index (χ0n) is 19.5. The van der Waals surface area contributed by atoms with Crippen LogP contribution in [-0.2, 0) is 9.84 Å². The summed E-state index contributed by atoms with van der Waals surface area (Å²) in [6, 6.07) is 18.5. The fourth-order valence-electron chi connectivity index (χ4n) is 3.85. The lowest BCUT2D eigenvalue weighted by Gasteiger charge is -2.10. The number of urea groups is 1. The van der Waals surface area contributed by atoms with E-state index in [-0.39, 0.29) is 10.6 Å². The first-order valence-corrected chi connectivity index (χ1v) is 12.9. The van der Waals surface area contributed by atoms with Crippen molar-refractivity contribution >= 4 is 44.0 Å². The maximum Gasteiger partial charge on any atom is 0.323 e. The van der Waals surface area contributed by atoms with Crippen molar-refractivity contribution in [3.63, 3.8) is 0 Å². The zero-order chi connectivity index (χ0) is 26.2. The molecule has 0 aliphatic rings. The number of nitrogens with one attached hydrogen (secondary N) is 3. The van der Waals surface area contributed by atoms with E-state index in [2.05, 4.69) is 25.8 Å². The molecule has 0 saturated carbocycles. The molecule has 0 atom stereocenters. The topological polar surface area (TPSA) is 143 Å². The number of nitrogens with zero attached hydrogens (tertiary/aromatic N) is 2. The molecule has 5 rings (SSSR count). The van der Waals surface area contributed by atoms with Crippen LogP contribution < -0.4 is 16.4 Å². The Morgan fingerprint density at radius 2 is 1.68 bits per heavy atom. The third-order valence-corrected chi connectivity index (χ3v) is 6.72. The van der Waals surface area contributed by atoms with Crippen LogP contribution in [-0.4, -0.2) is 35.9 Å². The van der Waals surface area contributed by atoms with Crippen LogP contribution in [0.25, 0.3) is 33.4 Å². The average Bonchev–Trinajstić information content (AvgIpc) is 3.28. The maximum absolute atomic E-state index is 14.5. The maximum atomic E-state index is 14.5. The smallest absolute Gasteiger partial charge is 0.323 e. The highest BCUT2D eigenvalue weighted by molar-refractivity contribution is 7.90. The van der Waals surface area contributed by atoms with E-state index in [0.29, 0.717) is 44.8 Å². The lowest BCUT2D eigenvalue weighted by Crippen LogP contribution is -2.19. The standard InChI is InChI=1S/C26H21FN6O3S/c1-37(35,36)22-4-2-3-15(11-22)17-12-23-24(32-33-25(23)29-14-17)16-9-18(27)13-21(10-16)31-26(34)30-20-7-5-19(28)6-8-20/h2-14H,28H2,1H3,(H,29,32,33)(H2,30,31,34). The molecule has 2 aromatic heterocycles. The number of anilines is 3. The summed E-state index contributed by atoms with van der Waals surface area (Å²) in [5.41, 5.74) is 9.60. The first kappa shape index (κ1) is 23.9. The highest BCUT2D eigenvalue weighted by Crippen LogP contribution is 2.32. The Bertz CT molecular complexity index is 1750. The molecule has 9 nitrogen and oxygen atoms in total. The van der Waals surface area contributed by atoms with Crippen molar-refractivity contribution in [1.82, 2.24) is 15.2 Å². The molecule has 0 aliphatic heterocycles. The average molecular weight is 517 g/mol. The van der Waals surface area contributed by atoms with Crippen LogP contribution in [0.4, 0.5) is 26.2 Å². The lowest BCUT2D eigenvalue weighted by atomic mass is 10.0. The number of H-pyrrole nitrogens is 1. The summed E-state index contributed by atoms with van der Waals surface area (Å²) in [4.78, 5) is 17.0. The Morgan fingerprint density at radius 1 is 0.919 bits per heavy atom. The first-order valence-electron chi connectivity index (χ1n) is 11.0. The number of benzene rings is 3. The third-order valence-electron chi connectivity index (χ3n) is 5.61. The number of carbonyl (C=O) groups excluding carboxylic acids is 1. The molecule has 0 radical (unpaired) electrons. The Balaban J connectivity index is 1.47. The molecule has 3 aromatic carbocycles. The molecule has 0 spiro atoms. The van der Waals surface area contributed by atoms with Gasteiger partial charge in [0.15, 0.2) is 15.5 Å². The minimum atomic E-state index is -3.38. The Hall–Kier alpha value is -4.77. The fourth-order valence-corrected chi connectivity index (χ4v) is 4.51. The molecule has 0 aliphatic carbocycles. The molecule has 5 N–H and O–H groups in total. The second-order valence-corrected chi connectivity index (χ2v) is 10.4. The predicted octanol–water partition coefficient (Wildman–Crippen LogP) is 5.06. The van der Waals surface area contributed by atoms with Crippen molar-refractivity contribution < 1.29 is 17.6 Å². The van der Waals surface area contributed by atoms with E-state index in [1.54, 1.807) is 60.8 Å². The summed E-state index contributed by atoms with van der Waals surface area (Å²) < 4.78 is 38.5.